The van der Waals surface area contributed by atoms with Crippen LogP contribution in [0.15, 0.2) is 30.6 Å². The molecule has 0 aliphatic rings. The van der Waals surface area contributed by atoms with E-state index in [0.717, 1.165) is 17.9 Å². The predicted octanol–water partition coefficient (Wildman–Crippen LogP) is 1.24. The Hall–Kier alpha value is -2.21. The van der Waals surface area contributed by atoms with Crippen LogP contribution >= 0.6 is 0 Å². The molecule has 0 radical (unpaired) electrons. The van der Waals surface area contributed by atoms with Crippen LogP contribution in [0.3, 0.4) is 0 Å². The zero-order valence-electron chi connectivity index (χ0n) is 11.1. The van der Waals surface area contributed by atoms with Crippen LogP contribution < -0.4 is 10.6 Å². The van der Waals surface area contributed by atoms with Gasteiger partial charge in [-0.3, -0.25) is 4.98 Å². The van der Waals surface area contributed by atoms with E-state index < -0.39 is 0 Å². The Morgan fingerprint density at radius 3 is 2.68 bits per heavy atom. The van der Waals surface area contributed by atoms with Crippen molar-refractivity contribution in [1.29, 1.82) is 0 Å². The fourth-order valence-corrected chi connectivity index (χ4v) is 1.74. The van der Waals surface area contributed by atoms with Crippen LogP contribution in [0, 0.1) is 0 Å². The summed E-state index contributed by atoms with van der Waals surface area (Å²) >= 11 is 0. The molecule has 0 saturated heterocycles. The molecule has 2 aromatic heterocycles. The number of methoxy groups -OCH3 is 1. The van der Waals surface area contributed by atoms with Crippen LogP contribution in [0.25, 0.3) is 0 Å². The highest BCUT2D eigenvalue weighted by Gasteiger charge is 2.07. The monoisotopic (exact) mass is 259 g/mol. The zero-order chi connectivity index (χ0) is 13.7. The van der Waals surface area contributed by atoms with E-state index in [-0.39, 0.29) is 0 Å². The smallest absolute Gasteiger partial charge is 0.158 e. The number of nitrogens with zero attached hydrogens (tertiary/aromatic N) is 4. The number of rotatable bonds is 5. The van der Waals surface area contributed by atoms with Gasteiger partial charge in [-0.2, -0.15) is 0 Å². The van der Waals surface area contributed by atoms with Crippen molar-refractivity contribution in [2.75, 3.05) is 24.8 Å². The maximum Gasteiger partial charge on any atom is 0.158 e. The molecular weight excluding hydrogens is 242 g/mol. The molecule has 0 aromatic carbocycles. The van der Waals surface area contributed by atoms with E-state index in [1.807, 2.05) is 24.1 Å². The molecule has 0 spiro atoms. The molecule has 2 N–H and O–H groups in total. The molecule has 0 aliphatic heterocycles. The van der Waals surface area contributed by atoms with E-state index in [1.54, 1.807) is 25.6 Å². The molecule has 0 bridgehead atoms. The fraction of sp³-hybridized carbons (Fsp3) is 0.308. The summed E-state index contributed by atoms with van der Waals surface area (Å²) in [6.07, 6.45) is 3.54. The van der Waals surface area contributed by atoms with Crippen LogP contribution in [0.4, 0.5) is 11.6 Å². The molecule has 0 aliphatic carbocycles. The summed E-state index contributed by atoms with van der Waals surface area (Å²) in [5, 5.41) is 0. The van der Waals surface area contributed by atoms with Gasteiger partial charge < -0.3 is 15.4 Å². The van der Waals surface area contributed by atoms with Crippen LogP contribution in [0.1, 0.15) is 11.4 Å². The summed E-state index contributed by atoms with van der Waals surface area (Å²) in [4.78, 5) is 14.5. The van der Waals surface area contributed by atoms with Crippen LogP contribution in [-0.4, -0.2) is 29.1 Å². The Bertz CT molecular complexity index is 532. The lowest BCUT2D eigenvalue weighted by molar-refractivity contribution is 0.178. The lowest BCUT2D eigenvalue weighted by Gasteiger charge is -2.19. The molecule has 0 fully saturated rings. The molecule has 19 heavy (non-hydrogen) atoms. The molecule has 0 unspecified atom stereocenters. The number of nitrogen functional groups attached to an aromatic ring is 1. The first kappa shape index (κ1) is 13.2. The highest BCUT2D eigenvalue weighted by atomic mass is 16.5. The van der Waals surface area contributed by atoms with E-state index in [1.165, 1.54) is 0 Å². The second-order valence-electron chi connectivity index (χ2n) is 4.21. The van der Waals surface area contributed by atoms with E-state index in [0.29, 0.717) is 18.2 Å². The van der Waals surface area contributed by atoms with Crippen molar-refractivity contribution in [3.05, 3.63) is 42.0 Å². The molecule has 0 atom stereocenters. The molecule has 0 saturated carbocycles. The van der Waals surface area contributed by atoms with Crippen molar-refractivity contribution in [1.82, 2.24) is 15.0 Å². The molecule has 6 nitrogen and oxygen atoms in total. The van der Waals surface area contributed by atoms with Gasteiger partial charge >= 0.3 is 0 Å². The number of aromatic nitrogens is 3. The quantitative estimate of drug-likeness (QED) is 0.870. The van der Waals surface area contributed by atoms with Gasteiger partial charge in [0.05, 0.1) is 0 Å². The third kappa shape index (κ3) is 3.62. The van der Waals surface area contributed by atoms with Gasteiger partial charge in [0.2, 0.25) is 0 Å². The molecule has 0 amide bonds. The maximum atomic E-state index is 5.78. The van der Waals surface area contributed by atoms with Crippen LogP contribution in [0.2, 0.25) is 0 Å². The first-order valence-corrected chi connectivity index (χ1v) is 5.91. The maximum absolute atomic E-state index is 5.78. The molecule has 2 aromatic rings. The first-order valence-electron chi connectivity index (χ1n) is 5.91. The van der Waals surface area contributed by atoms with Gasteiger partial charge in [0.15, 0.2) is 5.82 Å². The molecular formula is C13H17N5O. The highest BCUT2D eigenvalue weighted by molar-refractivity contribution is 5.46. The minimum Gasteiger partial charge on any atom is -0.384 e. The number of hydrogen-bond donors (Lipinski definition) is 1. The second-order valence-corrected chi connectivity index (χ2v) is 4.21. The summed E-state index contributed by atoms with van der Waals surface area (Å²) in [6, 6.07) is 5.69. The Balaban J connectivity index is 2.16. The third-order valence-electron chi connectivity index (χ3n) is 2.61. The summed E-state index contributed by atoms with van der Waals surface area (Å²) in [7, 11) is 3.56. The minimum absolute atomic E-state index is 0.348. The van der Waals surface area contributed by atoms with Gasteiger partial charge in [0.1, 0.15) is 18.2 Å². The van der Waals surface area contributed by atoms with Crippen molar-refractivity contribution < 1.29 is 4.74 Å². The van der Waals surface area contributed by atoms with E-state index in [9.17, 15) is 0 Å². The molecule has 6 heteroatoms. The summed E-state index contributed by atoms with van der Waals surface area (Å²) in [5.41, 5.74) is 6.93. The van der Waals surface area contributed by atoms with Gasteiger partial charge in [-0.25, -0.2) is 9.97 Å². The normalized spacial score (nSPS) is 10.4. The van der Waals surface area contributed by atoms with Crippen molar-refractivity contribution in [3.63, 3.8) is 0 Å². The van der Waals surface area contributed by atoms with Crippen LogP contribution in [0.5, 0.6) is 0 Å². The number of anilines is 2. The lowest BCUT2D eigenvalue weighted by atomic mass is 10.2. The highest BCUT2D eigenvalue weighted by Crippen LogP contribution is 2.15. The SMILES string of the molecule is COCc1nc(N)cc(N(C)Cc2ccncc2)n1. The Morgan fingerprint density at radius 1 is 1.26 bits per heavy atom. The van der Waals surface area contributed by atoms with E-state index in [4.69, 9.17) is 10.5 Å². The molecule has 100 valence electrons. The number of pyridine rings is 1. The lowest BCUT2D eigenvalue weighted by Crippen LogP contribution is -2.19. The average molecular weight is 259 g/mol. The van der Waals surface area contributed by atoms with E-state index in [2.05, 4.69) is 15.0 Å². The van der Waals surface area contributed by atoms with Crippen molar-refractivity contribution in [2.24, 2.45) is 0 Å². The predicted molar refractivity (Wildman–Crippen MR) is 73.5 cm³/mol. The van der Waals surface area contributed by atoms with Gasteiger partial charge in [-0.05, 0) is 17.7 Å². The first-order chi connectivity index (χ1) is 9.19. The summed E-state index contributed by atoms with van der Waals surface area (Å²) in [6.45, 7) is 1.08. The molecule has 2 heterocycles. The largest absolute Gasteiger partial charge is 0.384 e. The van der Waals surface area contributed by atoms with Crippen molar-refractivity contribution in [3.8, 4) is 0 Å². The Morgan fingerprint density at radius 2 is 2.00 bits per heavy atom. The number of ether oxygens (including phenoxy) is 1. The second kappa shape index (κ2) is 6.10. The zero-order valence-corrected chi connectivity index (χ0v) is 11.1. The van der Waals surface area contributed by atoms with Gasteiger partial charge in [-0.15, -0.1) is 0 Å². The third-order valence-corrected chi connectivity index (χ3v) is 2.61. The number of nitrogens with two attached hydrogens (primary N) is 1. The standard InChI is InChI=1S/C13H17N5O/c1-18(8-10-3-5-15-6-4-10)13-7-11(14)16-12(17-13)9-19-2/h3-7H,8-9H2,1-2H3,(H2,14,16,17). The Labute approximate surface area is 112 Å². The number of hydrogen-bond acceptors (Lipinski definition) is 6. The molecule has 2 rings (SSSR count). The van der Waals surface area contributed by atoms with Gasteiger partial charge in [0.25, 0.3) is 0 Å². The van der Waals surface area contributed by atoms with Crippen molar-refractivity contribution >= 4 is 11.6 Å². The fourth-order valence-electron chi connectivity index (χ4n) is 1.74. The van der Waals surface area contributed by atoms with Crippen LogP contribution in [-0.2, 0) is 17.9 Å². The summed E-state index contributed by atoms with van der Waals surface area (Å²) < 4.78 is 5.03. The minimum atomic E-state index is 0.348. The summed E-state index contributed by atoms with van der Waals surface area (Å²) in [5.74, 6) is 1.80. The Kier molecular flexibility index (Phi) is 4.25. The topological polar surface area (TPSA) is 77.2 Å². The van der Waals surface area contributed by atoms with Crippen molar-refractivity contribution in [2.45, 2.75) is 13.2 Å². The van der Waals surface area contributed by atoms with Gasteiger partial charge in [-0.1, -0.05) is 0 Å². The average Bonchev–Trinajstić information content (AvgIpc) is 2.39. The van der Waals surface area contributed by atoms with E-state index >= 15 is 0 Å². The van der Waals surface area contributed by atoms with Gasteiger partial charge in [0, 0.05) is 39.2 Å².